The number of piperazine rings is 1. The third-order valence-corrected chi connectivity index (χ3v) is 7.58. The molecule has 2 heterocycles. The highest BCUT2D eigenvalue weighted by Gasteiger charge is 2.60. The third kappa shape index (κ3) is 3.65. The summed E-state index contributed by atoms with van der Waals surface area (Å²) >= 11 is 0. The highest BCUT2D eigenvalue weighted by Crippen LogP contribution is 2.51. The first-order chi connectivity index (χ1) is 14.9. The molecule has 7 nitrogen and oxygen atoms in total. The van der Waals surface area contributed by atoms with Crippen molar-refractivity contribution < 1.29 is 23.9 Å². The Balaban J connectivity index is 1.16. The number of hydrogen-bond donors (Lipinski definition) is 1. The average Bonchev–Trinajstić information content (AvgIpc) is 3.02. The molecule has 166 valence electrons. The highest BCUT2D eigenvalue weighted by atomic mass is 19.1. The lowest BCUT2D eigenvalue weighted by Gasteiger charge is -2.41. The van der Waals surface area contributed by atoms with E-state index in [0.717, 1.165) is 38.3 Å². The Morgan fingerprint density at radius 1 is 0.935 bits per heavy atom. The van der Waals surface area contributed by atoms with Gasteiger partial charge in [0.15, 0.2) is 0 Å². The molecular weight excluding hydrogens is 401 g/mol. The van der Waals surface area contributed by atoms with Crippen molar-refractivity contribution in [3.05, 3.63) is 30.1 Å². The predicted molar refractivity (Wildman–Crippen MR) is 111 cm³/mol. The molecule has 3 saturated carbocycles. The summed E-state index contributed by atoms with van der Waals surface area (Å²) in [4.78, 5) is 43.6. The summed E-state index contributed by atoms with van der Waals surface area (Å²) in [6, 6.07) is 6.43. The van der Waals surface area contributed by atoms with Crippen LogP contribution in [0, 0.1) is 29.5 Å². The molecule has 5 aliphatic rings. The number of benzene rings is 1. The van der Waals surface area contributed by atoms with Crippen LogP contribution in [0.3, 0.4) is 0 Å². The lowest BCUT2D eigenvalue weighted by atomic mass is 9.59. The first kappa shape index (κ1) is 20.6. The number of nitrogens with zero attached hydrogens (tertiary/aromatic N) is 3. The Morgan fingerprint density at radius 2 is 1.61 bits per heavy atom. The van der Waals surface area contributed by atoms with Gasteiger partial charge in [0.25, 0.3) is 0 Å². The van der Waals surface area contributed by atoms with Crippen LogP contribution in [-0.2, 0) is 14.4 Å². The number of β-amino-alcohol motifs (C(OH)–C–C–N with tert-alkyl or cyclic N) is 1. The van der Waals surface area contributed by atoms with Gasteiger partial charge in [0.2, 0.25) is 11.8 Å². The number of imide groups is 1. The fourth-order valence-electron chi connectivity index (χ4n) is 6.03. The number of carbonyl (C=O) groups excluding carboxylic acids is 3. The van der Waals surface area contributed by atoms with Crippen molar-refractivity contribution in [1.82, 2.24) is 9.80 Å². The van der Waals surface area contributed by atoms with Crippen LogP contribution in [-0.4, -0.2) is 77.9 Å². The van der Waals surface area contributed by atoms with Gasteiger partial charge in [-0.2, -0.15) is 0 Å². The standard InChI is InChI=1S/C23H28FN3O4/c24-15-2-4-16(5-3-15)26-9-7-25(8-10-26)12-17(28)13-27-22(30)20-14-1-6-18(19(29)11-14)21(20)23(27)31/h2-5,14,17-18,20-21,28H,1,6-13H2. The molecule has 1 N–H and O–H groups in total. The number of amides is 2. The quantitative estimate of drug-likeness (QED) is 0.701. The number of Topliss-reactive ketones (excluding diaryl/α,β-unsaturated/α-hetero) is 1. The van der Waals surface area contributed by atoms with Crippen LogP contribution in [0.2, 0.25) is 0 Å². The van der Waals surface area contributed by atoms with Crippen LogP contribution in [0.1, 0.15) is 19.3 Å². The Morgan fingerprint density at radius 3 is 2.29 bits per heavy atom. The minimum absolute atomic E-state index is 0.00350. The fraction of sp³-hybridized carbons (Fsp3) is 0.609. The maximum absolute atomic E-state index is 13.1. The molecule has 31 heavy (non-hydrogen) atoms. The zero-order chi connectivity index (χ0) is 21.7. The van der Waals surface area contributed by atoms with E-state index in [1.54, 1.807) is 12.1 Å². The maximum Gasteiger partial charge on any atom is 0.233 e. The molecule has 1 aromatic rings. The van der Waals surface area contributed by atoms with E-state index in [4.69, 9.17) is 0 Å². The van der Waals surface area contributed by atoms with Crippen molar-refractivity contribution in [2.24, 2.45) is 23.7 Å². The molecule has 2 bridgehead atoms. The SMILES string of the molecule is O=C1CC2CCC1C1C(=O)N(CC(O)CN3CCN(c4ccc(F)cc4)CC3)C(=O)C21. The van der Waals surface area contributed by atoms with Crippen molar-refractivity contribution in [2.45, 2.75) is 25.4 Å². The van der Waals surface area contributed by atoms with Crippen LogP contribution in [0.25, 0.3) is 0 Å². The van der Waals surface area contributed by atoms with Gasteiger partial charge in [0.1, 0.15) is 11.6 Å². The van der Waals surface area contributed by atoms with Gasteiger partial charge < -0.3 is 10.0 Å². The highest BCUT2D eigenvalue weighted by molar-refractivity contribution is 6.08. The first-order valence-corrected chi connectivity index (χ1v) is 11.2. The summed E-state index contributed by atoms with van der Waals surface area (Å²) in [5.41, 5.74) is 0.974. The van der Waals surface area contributed by atoms with Gasteiger partial charge in [0.05, 0.1) is 24.5 Å². The molecule has 5 fully saturated rings. The largest absolute Gasteiger partial charge is 0.390 e. The number of aliphatic hydroxyl groups excluding tert-OH is 1. The molecule has 6 rings (SSSR count). The number of halogens is 1. The summed E-state index contributed by atoms with van der Waals surface area (Å²) in [5, 5.41) is 10.6. The van der Waals surface area contributed by atoms with Crippen LogP contribution in [0.4, 0.5) is 10.1 Å². The van der Waals surface area contributed by atoms with Gasteiger partial charge in [-0.3, -0.25) is 24.2 Å². The van der Waals surface area contributed by atoms with Crippen molar-refractivity contribution in [3.63, 3.8) is 0 Å². The molecule has 5 unspecified atom stereocenters. The molecule has 5 atom stereocenters. The summed E-state index contributed by atoms with van der Waals surface area (Å²) in [5.74, 6) is -1.78. The fourth-order valence-corrected chi connectivity index (χ4v) is 6.03. The second-order valence-electron chi connectivity index (χ2n) is 9.37. The van der Waals surface area contributed by atoms with E-state index in [0.29, 0.717) is 19.4 Å². The summed E-state index contributed by atoms with van der Waals surface area (Å²) in [6.45, 7) is 3.37. The molecule has 8 heteroatoms. The molecule has 3 aliphatic carbocycles. The van der Waals surface area contributed by atoms with Crippen molar-refractivity contribution in [2.75, 3.05) is 44.2 Å². The van der Waals surface area contributed by atoms with Crippen molar-refractivity contribution in [1.29, 1.82) is 0 Å². The molecule has 2 aliphatic heterocycles. The van der Waals surface area contributed by atoms with Gasteiger partial charge in [-0.1, -0.05) is 0 Å². The van der Waals surface area contributed by atoms with E-state index in [2.05, 4.69) is 9.80 Å². The van der Waals surface area contributed by atoms with Gasteiger partial charge in [0, 0.05) is 50.7 Å². The molecule has 0 spiro atoms. The monoisotopic (exact) mass is 429 g/mol. The normalized spacial score (nSPS) is 32.0. The first-order valence-electron chi connectivity index (χ1n) is 11.2. The van der Waals surface area contributed by atoms with Crippen LogP contribution in [0.15, 0.2) is 24.3 Å². The van der Waals surface area contributed by atoms with E-state index >= 15 is 0 Å². The number of rotatable bonds is 5. The Bertz CT molecular complexity index is 883. The number of likely N-dealkylation sites (tertiary alicyclic amines) is 1. The predicted octanol–water partition coefficient (Wildman–Crippen LogP) is 0.909. The van der Waals surface area contributed by atoms with E-state index in [1.165, 1.54) is 17.0 Å². The van der Waals surface area contributed by atoms with E-state index < -0.39 is 12.0 Å². The molecule has 2 saturated heterocycles. The summed E-state index contributed by atoms with van der Waals surface area (Å²) in [7, 11) is 0. The Kier molecular flexibility index (Phi) is 5.30. The van der Waals surface area contributed by atoms with E-state index in [-0.39, 0.29) is 47.7 Å². The number of carbonyl (C=O) groups is 3. The van der Waals surface area contributed by atoms with Crippen molar-refractivity contribution in [3.8, 4) is 0 Å². The average molecular weight is 429 g/mol. The number of aliphatic hydroxyl groups is 1. The van der Waals surface area contributed by atoms with Crippen LogP contribution in [0.5, 0.6) is 0 Å². The minimum Gasteiger partial charge on any atom is -0.390 e. The number of ketones is 1. The second-order valence-corrected chi connectivity index (χ2v) is 9.37. The molecular formula is C23H28FN3O4. The number of hydrogen-bond acceptors (Lipinski definition) is 6. The van der Waals surface area contributed by atoms with Gasteiger partial charge in [-0.25, -0.2) is 4.39 Å². The van der Waals surface area contributed by atoms with E-state index in [9.17, 15) is 23.9 Å². The van der Waals surface area contributed by atoms with Crippen LogP contribution < -0.4 is 4.90 Å². The van der Waals surface area contributed by atoms with Crippen molar-refractivity contribution >= 4 is 23.3 Å². The zero-order valence-electron chi connectivity index (χ0n) is 17.5. The molecule has 0 radical (unpaired) electrons. The van der Waals surface area contributed by atoms with E-state index in [1.807, 2.05) is 0 Å². The zero-order valence-corrected chi connectivity index (χ0v) is 17.5. The van der Waals surface area contributed by atoms with Gasteiger partial charge >= 0.3 is 0 Å². The minimum atomic E-state index is -0.821. The third-order valence-electron chi connectivity index (χ3n) is 7.58. The summed E-state index contributed by atoms with van der Waals surface area (Å²) in [6.07, 6.45) is 1.14. The van der Waals surface area contributed by atoms with Gasteiger partial charge in [-0.15, -0.1) is 0 Å². The molecule has 2 amide bonds. The molecule has 0 aromatic heterocycles. The lowest BCUT2D eigenvalue weighted by molar-refractivity contribution is -0.144. The Hall–Kier alpha value is -2.32. The smallest absolute Gasteiger partial charge is 0.233 e. The number of anilines is 1. The van der Waals surface area contributed by atoms with Gasteiger partial charge in [-0.05, 0) is 43.0 Å². The number of fused-ring (bicyclic) bond motifs is 2. The maximum atomic E-state index is 13.1. The lowest BCUT2D eigenvalue weighted by Crippen LogP contribution is -2.50. The topological polar surface area (TPSA) is 81.2 Å². The Labute approximate surface area is 180 Å². The summed E-state index contributed by atoms with van der Waals surface area (Å²) < 4.78 is 13.1. The molecule has 1 aromatic carbocycles. The second kappa shape index (κ2) is 7.98. The van der Waals surface area contributed by atoms with Crippen LogP contribution >= 0.6 is 0 Å².